The van der Waals surface area contributed by atoms with Gasteiger partial charge in [0.25, 0.3) is 0 Å². The van der Waals surface area contributed by atoms with E-state index < -0.39 is 50.1 Å². The van der Waals surface area contributed by atoms with Gasteiger partial charge < -0.3 is 28.8 Å². The Morgan fingerprint density at radius 3 is 2.21 bits per heavy atom. The molecule has 2 N–H and O–H groups in total. The number of hydrogen-bond acceptors (Lipinski definition) is 7. The average Bonchev–Trinajstić information content (AvgIpc) is 2.97. The highest BCUT2D eigenvalue weighted by molar-refractivity contribution is 6.74. The molecule has 8 heteroatoms. The first-order valence-electron chi connectivity index (χ1n) is 10.4. The van der Waals surface area contributed by atoms with E-state index in [1.165, 1.54) is 7.11 Å². The maximum absolute atomic E-state index is 12.4. The van der Waals surface area contributed by atoms with E-state index in [0.29, 0.717) is 0 Å². The lowest BCUT2D eigenvalue weighted by Crippen LogP contribution is -2.67. The highest BCUT2D eigenvalue weighted by Gasteiger charge is 2.65. The molecule has 28 heavy (non-hydrogen) atoms. The molecule has 1 spiro atoms. The van der Waals surface area contributed by atoms with Gasteiger partial charge >= 0.3 is 5.97 Å². The molecule has 0 unspecified atom stereocenters. The lowest BCUT2D eigenvalue weighted by Gasteiger charge is -2.47. The van der Waals surface area contributed by atoms with E-state index in [1.54, 1.807) is 0 Å². The van der Waals surface area contributed by atoms with Crippen molar-refractivity contribution in [3.8, 4) is 0 Å². The molecule has 1 heterocycles. The van der Waals surface area contributed by atoms with Gasteiger partial charge in [-0.25, -0.2) is 4.79 Å². The Labute approximate surface area is 168 Å². The van der Waals surface area contributed by atoms with Crippen molar-refractivity contribution < 1.29 is 33.6 Å². The summed E-state index contributed by atoms with van der Waals surface area (Å²) < 4.78 is 24.0. The highest BCUT2D eigenvalue weighted by atomic mass is 28.4. The lowest BCUT2D eigenvalue weighted by molar-refractivity contribution is -0.216. The summed E-state index contributed by atoms with van der Waals surface area (Å²) in [5.41, 5.74) is -2.08. The molecular formula is C20H36O7Si. The number of hydrogen-bond donors (Lipinski definition) is 2. The molecule has 0 aromatic heterocycles. The van der Waals surface area contributed by atoms with Crippen LogP contribution in [0.15, 0.2) is 0 Å². The number of rotatable bonds is 3. The maximum Gasteiger partial charge on any atom is 0.340 e. The number of methoxy groups -OCH3 is 1. The first-order chi connectivity index (χ1) is 12.9. The normalized spacial score (nSPS) is 38.3. The van der Waals surface area contributed by atoms with Gasteiger partial charge in [0.1, 0.15) is 18.3 Å². The van der Waals surface area contributed by atoms with Gasteiger partial charge in [-0.2, -0.15) is 0 Å². The summed E-state index contributed by atoms with van der Waals surface area (Å²) >= 11 is 0. The van der Waals surface area contributed by atoms with Crippen molar-refractivity contribution in [3.05, 3.63) is 0 Å². The number of aliphatic hydroxyl groups is 2. The zero-order valence-electron chi connectivity index (χ0n) is 18.0. The predicted octanol–water partition coefficient (Wildman–Crippen LogP) is 2.49. The second kappa shape index (κ2) is 7.32. The number of ether oxygens (including phenoxy) is 3. The van der Waals surface area contributed by atoms with Crippen molar-refractivity contribution in [2.75, 3.05) is 7.11 Å². The molecule has 3 fully saturated rings. The van der Waals surface area contributed by atoms with E-state index in [-0.39, 0.29) is 11.5 Å². The SMILES string of the molecule is COC(=O)[C@@]1(O)C[C@@H](O[Si](C)(C)C(C)(C)C)[C@H]2OC3(CCCCC3)O[C@H]2[C@@H]1O. The molecule has 7 nitrogen and oxygen atoms in total. The molecule has 0 amide bonds. The van der Waals surface area contributed by atoms with Crippen LogP contribution in [0.25, 0.3) is 0 Å². The monoisotopic (exact) mass is 416 g/mol. The average molecular weight is 417 g/mol. The summed E-state index contributed by atoms with van der Waals surface area (Å²) in [6.07, 6.45) is 1.20. The van der Waals surface area contributed by atoms with Gasteiger partial charge in [0.2, 0.25) is 0 Å². The minimum Gasteiger partial charge on any atom is -0.467 e. The molecule has 1 aliphatic heterocycles. The largest absolute Gasteiger partial charge is 0.467 e. The molecule has 2 saturated carbocycles. The van der Waals surface area contributed by atoms with Gasteiger partial charge in [0, 0.05) is 19.3 Å². The van der Waals surface area contributed by atoms with Crippen LogP contribution in [0.4, 0.5) is 0 Å². The van der Waals surface area contributed by atoms with E-state index in [0.717, 1.165) is 32.1 Å². The van der Waals surface area contributed by atoms with Crippen LogP contribution in [0.5, 0.6) is 0 Å². The predicted molar refractivity (Wildman–Crippen MR) is 105 cm³/mol. The van der Waals surface area contributed by atoms with Gasteiger partial charge in [-0.3, -0.25) is 0 Å². The summed E-state index contributed by atoms with van der Waals surface area (Å²) in [5.74, 6) is -1.62. The van der Waals surface area contributed by atoms with E-state index in [1.807, 2.05) is 0 Å². The number of fused-ring (bicyclic) bond motifs is 1. The Morgan fingerprint density at radius 1 is 1.11 bits per heavy atom. The van der Waals surface area contributed by atoms with Crippen LogP contribution in [-0.2, 0) is 23.4 Å². The fourth-order valence-corrected chi connectivity index (χ4v) is 5.70. The number of carbonyl (C=O) groups excluding carboxylic acids is 1. The Morgan fingerprint density at radius 2 is 1.68 bits per heavy atom. The maximum atomic E-state index is 12.4. The topological polar surface area (TPSA) is 94.5 Å². The second-order valence-corrected chi connectivity index (χ2v) is 14.9. The summed E-state index contributed by atoms with van der Waals surface area (Å²) in [7, 11) is -1.02. The summed E-state index contributed by atoms with van der Waals surface area (Å²) in [6, 6.07) is 0. The number of carbonyl (C=O) groups is 1. The lowest BCUT2D eigenvalue weighted by atomic mass is 9.77. The summed E-state index contributed by atoms with van der Waals surface area (Å²) in [6.45, 7) is 10.6. The Hall–Kier alpha value is -0.513. The van der Waals surface area contributed by atoms with Crippen molar-refractivity contribution in [1.29, 1.82) is 0 Å². The van der Waals surface area contributed by atoms with Gasteiger partial charge in [-0.15, -0.1) is 0 Å². The molecule has 5 atom stereocenters. The molecule has 162 valence electrons. The van der Waals surface area contributed by atoms with Crippen LogP contribution in [0, 0.1) is 0 Å². The first kappa shape index (κ1) is 22.2. The fourth-order valence-electron chi connectivity index (χ4n) is 4.38. The summed E-state index contributed by atoms with van der Waals surface area (Å²) in [5, 5.41) is 21.9. The van der Waals surface area contributed by atoms with Crippen molar-refractivity contribution in [1.82, 2.24) is 0 Å². The first-order valence-corrected chi connectivity index (χ1v) is 13.3. The number of esters is 1. The van der Waals surface area contributed by atoms with Crippen molar-refractivity contribution in [2.24, 2.45) is 0 Å². The molecule has 0 radical (unpaired) electrons. The van der Waals surface area contributed by atoms with Gasteiger partial charge in [0.05, 0.1) is 13.2 Å². The van der Waals surface area contributed by atoms with Gasteiger partial charge in [-0.1, -0.05) is 27.2 Å². The van der Waals surface area contributed by atoms with Crippen molar-refractivity contribution in [3.63, 3.8) is 0 Å². The molecule has 3 rings (SSSR count). The van der Waals surface area contributed by atoms with E-state index in [9.17, 15) is 15.0 Å². The Bertz CT molecular complexity index is 596. The Balaban J connectivity index is 1.94. The number of aliphatic hydroxyl groups excluding tert-OH is 1. The van der Waals surface area contributed by atoms with Crippen LogP contribution < -0.4 is 0 Å². The zero-order chi connectivity index (χ0) is 21.0. The minimum atomic E-state index is -2.22. The molecule has 2 aliphatic carbocycles. The van der Waals surface area contributed by atoms with Crippen LogP contribution in [0.3, 0.4) is 0 Å². The third kappa shape index (κ3) is 3.67. The molecule has 1 saturated heterocycles. The second-order valence-electron chi connectivity index (χ2n) is 10.1. The van der Waals surface area contributed by atoms with E-state index in [2.05, 4.69) is 33.9 Å². The molecule has 0 aromatic carbocycles. The third-order valence-corrected chi connectivity index (χ3v) is 11.6. The minimum absolute atomic E-state index is 0.0517. The van der Waals surface area contributed by atoms with Crippen LogP contribution in [0.1, 0.15) is 59.3 Å². The molecule has 0 aromatic rings. The molecular weight excluding hydrogens is 380 g/mol. The molecule has 3 aliphatic rings. The third-order valence-electron chi connectivity index (χ3n) is 7.11. The van der Waals surface area contributed by atoms with E-state index in [4.69, 9.17) is 18.6 Å². The van der Waals surface area contributed by atoms with Crippen molar-refractivity contribution in [2.45, 2.75) is 113 Å². The smallest absolute Gasteiger partial charge is 0.340 e. The summed E-state index contributed by atoms with van der Waals surface area (Å²) in [4.78, 5) is 12.4. The van der Waals surface area contributed by atoms with Crippen LogP contribution >= 0.6 is 0 Å². The Kier molecular flexibility index (Phi) is 5.80. The van der Waals surface area contributed by atoms with Crippen LogP contribution in [0.2, 0.25) is 18.1 Å². The van der Waals surface area contributed by atoms with Crippen molar-refractivity contribution >= 4 is 14.3 Å². The standard InChI is InChI=1S/C20H36O7Si/c1-18(2,3)28(5,6)27-13-12-20(23,17(22)24-4)16(21)15-14(13)25-19(26-15)10-8-7-9-11-19/h13-16,21,23H,7-12H2,1-6H3/t13-,14-,15-,16+,20-/m1/s1. The van der Waals surface area contributed by atoms with E-state index >= 15 is 0 Å². The van der Waals surface area contributed by atoms with Gasteiger partial charge in [0.15, 0.2) is 19.7 Å². The van der Waals surface area contributed by atoms with Gasteiger partial charge in [-0.05, 0) is 31.0 Å². The quantitative estimate of drug-likeness (QED) is 0.539. The van der Waals surface area contributed by atoms with Crippen LogP contribution in [-0.4, -0.2) is 67.4 Å². The molecule has 0 bridgehead atoms. The zero-order valence-corrected chi connectivity index (χ0v) is 19.0. The highest BCUT2D eigenvalue weighted by Crippen LogP contribution is 2.49. The fraction of sp³-hybridized carbons (Fsp3) is 0.950.